The Kier molecular flexibility index (Phi) is 4.33. The molecule has 1 saturated heterocycles. The van der Waals surface area contributed by atoms with E-state index in [0.717, 1.165) is 29.2 Å². The molecule has 1 aromatic carbocycles. The van der Waals surface area contributed by atoms with Crippen LogP contribution in [0.5, 0.6) is 0 Å². The minimum absolute atomic E-state index is 0.258. The number of nitrogens with one attached hydrogen (secondary N) is 1. The zero-order valence-electron chi connectivity index (χ0n) is 13.7. The van der Waals surface area contributed by atoms with Crippen molar-refractivity contribution in [2.75, 3.05) is 11.5 Å². The SMILES string of the molecule is O=C(NC1(C(=O)O)CCSCC1)c1cc2c(s1)-c1ccccc1CC2. The van der Waals surface area contributed by atoms with Gasteiger partial charge in [0.05, 0.1) is 4.88 Å². The van der Waals surface area contributed by atoms with Crippen LogP contribution >= 0.6 is 23.1 Å². The lowest BCUT2D eigenvalue weighted by molar-refractivity contribution is -0.144. The summed E-state index contributed by atoms with van der Waals surface area (Å²) in [5, 5.41) is 12.5. The van der Waals surface area contributed by atoms with Gasteiger partial charge in [-0.1, -0.05) is 24.3 Å². The largest absolute Gasteiger partial charge is 0.480 e. The Hall–Kier alpha value is -1.79. The fraction of sp³-hybridized carbons (Fsp3) is 0.368. The van der Waals surface area contributed by atoms with Crippen molar-refractivity contribution in [2.24, 2.45) is 0 Å². The van der Waals surface area contributed by atoms with Gasteiger partial charge >= 0.3 is 5.97 Å². The molecule has 0 atom stereocenters. The number of hydrogen-bond acceptors (Lipinski definition) is 4. The van der Waals surface area contributed by atoms with Crippen LogP contribution in [0.15, 0.2) is 30.3 Å². The van der Waals surface area contributed by atoms with Gasteiger partial charge in [-0.25, -0.2) is 4.79 Å². The number of amides is 1. The van der Waals surface area contributed by atoms with Crippen molar-refractivity contribution in [1.82, 2.24) is 5.32 Å². The van der Waals surface area contributed by atoms with E-state index in [2.05, 4.69) is 17.4 Å². The van der Waals surface area contributed by atoms with Crippen LogP contribution in [0.3, 0.4) is 0 Å². The number of carboxylic acids is 1. The van der Waals surface area contributed by atoms with Gasteiger partial charge in [-0.15, -0.1) is 11.3 Å². The van der Waals surface area contributed by atoms with Crippen molar-refractivity contribution in [3.63, 3.8) is 0 Å². The Morgan fingerprint density at radius 3 is 2.56 bits per heavy atom. The van der Waals surface area contributed by atoms with Gasteiger partial charge in [0.2, 0.25) is 0 Å². The van der Waals surface area contributed by atoms with E-state index in [1.807, 2.05) is 18.2 Å². The summed E-state index contributed by atoms with van der Waals surface area (Å²) in [5.41, 5.74) is 2.59. The predicted octanol–water partition coefficient (Wildman–Crippen LogP) is 3.59. The summed E-state index contributed by atoms with van der Waals surface area (Å²) in [6, 6.07) is 10.2. The summed E-state index contributed by atoms with van der Waals surface area (Å²) in [4.78, 5) is 26.3. The lowest BCUT2D eigenvalue weighted by Crippen LogP contribution is -2.56. The zero-order chi connectivity index (χ0) is 17.4. The second-order valence-corrected chi connectivity index (χ2v) is 8.85. The molecule has 2 aliphatic rings. The van der Waals surface area contributed by atoms with E-state index in [1.165, 1.54) is 28.0 Å². The number of carboxylic acid groups (broad SMARTS) is 1. The minimum Gasteiger partial charge on any atom is -0.480 e. The minimum atomic E-state index is -1.12. The zero-order valence-corrected chi connectivity index (χ0v) is 15.3. The van der Waals surface area contributed by atoms with E-state index in [0.29, 0.717) is 17.7 Å². The summed E-state index contributed by atoms with van der Waals surface area (Å²) in [6.45, 7) is 0. The van der Waals surface area contributed by atoms with Crippen LogP contribution in [0.4, 0.5) is 0 Å². The van der Waals surface area contributed by atoms with Gasteiger partial charge in [0, 0.05) is 4.88 Å². The van der Waals surface area contributed by atoms with E-state index in [9.17, 15) is 14.7 Å². The van der Waals surface area contributed by atoms with Gasteiger partial charge in [-0.05, 0) is 59.9 Å². The highest BCUT2D eigenvalue weighted by Gasteiger charge is 2.41. The number of aryl methyl sites for hydroxylation is 2. The number of thioether (sulfide) groups is 1. The molecule has 0 radical (unpaired) electrons. The molecule has 1 amide bonds. The van der Waals surface area contributed by atoms with E-state index in [1.54, 1.807) is 11.8 Å². The third-order valence-electron chi connectivity index (χ3n) is 5.07. The quantitative estimate of drug-likeness (QED) is 0.863. The summed E-state index contributed by atoms with van der Waals surface area (Å²) in [7, 11) is 0. The third-order valence-corrected chi connectivity index (χ3v) is 7.26. The molecule has 0 unspecified atom stereocenters. The average molecular weight is 373 g/mol. The molecule has 0 saturated carbocycles. The number of carbonyl (C=O) groups excluding carboxylic acids is 1. The Bertz CT molecular complexity index is 837. The Morgan fingerprint density at radius 1 is 1.08 bits per heavy atom. The molecule has 25 heavy (non-hydrogen) atoms. The lowest BCUT2D eigenvalue weighted by atomic mass is 9.91. The number of hydrogen-bond donors (Lipinski definition) is 2. The van der Waals surface area contributed by atoms with Crippen LogP contribution in [-0.2, 0) is 17.6 Å². The third kappa shape index (κ3) is 2.98. The monoisotopic (exact) mass is 373 g/mol. The molecule has 2 N–H and O–H groups in total. The standard InChI is InChI=1S/C19H19NO3S2/c21-17(20-19(18(22)23)7-9-24-10-8-19)15-11-13-6-5-12-3-1-2-4-14(12)16(13)25-15/h1-4,11H,5-10H2,(H,20,21)(H,22,23). The Labute approximate surface area is 154 Å². The van der Waals surface area contributed by atoms with Crippen molar-refractivity contribution in [3.8, 4) is 10.4 Å². The second kappa shape index (κ2) is 6.50. The maximum atomic E-state index is 12.8. The first-order chi connectivity index (χ1) is 12.1. The van der Waals surface area contributed by atoms with Gasteiger partial charge < -0.3 is 10.4 Å². The topological polar surface area (TPSA) is 66.4 Å². The molecule has 1 aliphatic carbocycles. The Morgan fingerprint density at radius 2 is 1.80 bits per heavy atom. The number of fused-ring (bicyclic) bond motifs is 3. The maximum Gasteiger partial charge on any atom is 0.329 e. The highest BCUT2D eigenvalue weighted by atomic mass is 32.2. The van der Waals surface area contributed by atoms with Crippen LogP contribution in [0.1, 0.15) is 33.6 Å². The molecule has 1 fully saturated rings. The number of benzene rings is 1. The summed E-state index contributed by atoms with van der Waals surface area (Å²) < 4.78 is 0. The van der Waals surface area contributed by atoms with Crippen molar-refractivity contribution in [2.45, 2.75) is 31.2 Å². The summed E-state index contributed by atoms with van der Waals surface area (Å²) in [6.07, 6.45) is 2.87. The van der Waals surface area contributed by atoms with E-state index in [-0.39, 0.29) is 5.91 Å². The number of rotatable bonds is 3. The highest BCUT2D eigenvalue weighted by Crippen LogP contribution is 2.39. The molecule has 1 aliphatic heterocycles. The molecule has 2 heterocycles. The first kappa shape index (κ1) is 16.7. The molecule has 0 spiro atoms. The van der Waals surface area contributed by atoms with Gasteiger partial charge in [-0.3, -0.25) is 4.79 Å². The average Bonchev–Trinajstić information content (AvgIpc) is 3.07. The highest BCUT2D eigenvalue weighted by molar-refractivity contribution is 7.99. The van der Waals surface area contributed by atoms with Crippen LogP contribution in [-0.4, -0.2) is 34.0 Å². The smallest absolute Gasteiger partial charge is 0.329 e. The first-order valence-electron chi connectivity index (χ1n) is 8.44. The predicted molar refractivity (Wildman–Crippen MR) is 102 cm³/mol. The van der Waals surface area contributed by atoms with Crippen molar-refractivity contribution >= 4 is 35.0 Å². The van der Waals surface area contributed by atoms with E-state index in [4.69, 9.17) is 0 Å². The van der Waals surface area contributed by atoms with Crippen molar-refractivity contribution in [1.29, 1.82) is 0 Å². The van der Waals surface area contributed by atoms with Gasteiger partial charge in [0.15, 0.2) is 0 Å². The van der Waals surface area contributed by atoms with Crippen LogP contribution in [0, 0.1) is 0 Å². The normalized spacial score (nSPS) is 18.1. The van der Waals surface area contributed by atoms with E-state index < -0.39 is 11.5 Å². The van der Waals surface area contributed by atoms with Gasteiger partial charge in [0.25, 0.3) is 5.91 Å². The molecule has 4 nitrogen and oxygen atoms in total. The molecular formula is C19H19NO3S2. The summed E-state index contributed by atoms with van der Waals surface area (Å²) >= 11 is 3.21. The molecule has 6 heteroatoms. The molecule has 4 rings (SSSR count). The van der Waals surface area contributed by atoms with Crippen LogP contribution in [0.25, 0.3) is 10.4 Å². The van der Waals surface area contributed by atoms with Crippen LogP contribution < -0.4 is 5.32 Å². The van der Waals surface area contributed by atoms with Gasteiger partial charge in [-0.2, -0.15) is 11.8 Å². The molecule has 2 aromatic rings. The summed E-state index contributed by atoms with van der Waals surface area (Å²) in [5.74, 6) is 0.348. The first-order valence-corrected chi connectivity index (χ1v) is 10.4. The number of thiophene rings is 1. The second-order valence-electron chi connectivity index (χ2n) is 6.58. The van der Waals surface area contributed by atoms with Crippen LogP contribution in [0.2, 0.25) is 0 Å². The van der Waals surface area contributed by atoms with Crippen molar-refractivity contribution < 1.29 is 14.7 Å². The fourth-order valence-corrected chi connectivity index (χ4v) is 5.93. The number of aliphatic carboxylic acids is 1. The number of carbonyl (C=O) groups is 2. The van der Waals surface area contributed by atoms with Gasteiger partial charge in [0.1, 0.15) is 5.54 Å². The molecular weight excluding hydrogens is 354 g/mol. The molecule has 130 valence electrons. The maximum absolute atomic E-state index is 12.8. The molecule has 1 aromatic heterocycles. The van der Waals surface area contributed by atoms with E-state index >= 15 is 0 Å². The van der Waals surface area contributed by atoms with Crippen molar-refractivity contribution in [3.05, 3.63) is 46.3 Å². The Balaban J connectivity index is 1.62. The lowest BCUT2D eigenvalue weighted by Gasteiger charge is -2.33. The molecule has 0 bridgehead atoms. The fourth-order valence-electron chi connectivity index (χ4n) is 3.57.